The smallest absolute Gasteiger partial charge is 0.227 e. The van der Waals surface area contributed by atoms with Gasteiger partial charge in [-0.25, -0.2) is 9.07 Å². The first-order chi connectivity index (χ1) is 12.7. The molecular formula is C20H25FN4O2. The number of Topliss-reactive ketones (excluding diaryl/α,β-unsaturated/α-hetero) is 1. The number of nitrogen functional groups attached to an aromatic ring is 1. The van der Waals surface area contributed by atoms with Crippen LogP contribution in [0.15, 0.2) is 30.5 Å². The third-order valence-corrected chi connectivity index (χ3v) is 4.92. The average molecular weight is 372 g/mol. The molecule has 6 nitrogen and oxygen atoms in total. The first-order valence-corrected chi connectivity index (χ1v) is 9.11. The number of carbonyl (C=O) groups excluding carboxylic acids is 2. The van der Waals surface area contributed by atoms with Crippen LogP contribution in [0.2, 0.25) is 0 Å². The van der Waals surface area contributed by atoms with Gasteiger partial charge in [-0.2, -0.15) is 5.10 Å². The maximum Gasteiger partial charge on any atom is 0.227 e. The highest BCUT2D eigenvalue weighted by atomic mass is 19.1. The summed E-state index contributed by atoms with van der Waals surface area (Å²) in [7, 11) is 0. The number of ketones is 1. The van der Waals surface area contributed by atoms with Gasteiger partial charge in [0.25, 0.3) is 0 Å². The van der Waals surface area contributed by atoms with Gasteiger partial charge in [0.2, 0.25) is 5.91 Å². The molecular weight excluding hydrogens is 347 g/mol. The molecule has 2 aromatic rings. The van der Waals surface area contributed by atoms with Crippen molar-refractivity contribution in [2.75, 3.05) is 18.8 Å². The molecule has 0 radical (unpaired) electrons. The first-order valence-electron chi connectivity index (χ1n) is 9.11. The fraction of sp³-hybridized carbons (Fsp3) is 0.450. The van der Waals surface area contributed by atoms with Crippen molar-refractivity contribution in [1.82, 2.24) is 14.7 Å². The first kappa shape index (κ1) is 19.1. The Morgan fingerprint density at radius 2 is 1.89 bits per heavy atom. The molecule has 1 saturated heterocycles. The van der Waals surface area contributed by atoms with Crippen molar-refractivity contribution in [3.63, 3.8) is 0 Å². The quantitative estimate of drug-likeness (QED) is 0.840. The Hall–Kier alpha value is -2.70. The minimum absolute atomic E-state index is 0.0713. The minimum Gasteiger partial charge on any atom is -0.383 e. The van der Waals surface area contributed by atoms with E-state index in [1.54, 1.807) is 12.1 Å². The van der Waals surface area contributed by atoms with Crippen LogP contribution >= 0.6 is 0 Å². The van der Waals surface area contributed by atoms with E-state index in [9.17, 15) is 14.0 Å². The third-order valence-electron chi connectivity index (χ3n) is 4.92. The molecule has 0 spiro atoms. The van der Waals surface area contributed by atoms with Crippen molar-refractivity contribution in [1.29, 1.82) is 0 Å². The summed E-state index contributed by atoms with van der Waals surface area (Å²) in [5.74, 6) is -0.351. The van der Waals surface area contributed by atoms with Crippen LogP contribution in [0.4, 0.5) is 10.2 Å². The Morgan fingerprint density at radius 3 is 2.48 bits per heavy atom. The van der Waals surface area contributed by atoms with Crippen molar-refractivity contribution in [3.05, 3.63) is 41.8 Å². The predicted octanol–water partition coefficient (Wildman–Crippen LogP) is 3.06. The fourth-order valence-electron chi connectivity index (χ4n) is 3.40. The normalized spacial score (nSPS) is 15.8. The number of benzene rings is 1. The minimum atomic E-state index is -0.423. The molecule has 1 amide bonds. The summed E-state index contributed by atoms with van der Waals surface area (Å²) in [6.45, 7) is 6.81. The summed E-state index contributed by atoms with van der Waals surface area (Å²) < 4.78 is 14.8. The van der Waals surface area contributed by atoms with Gasteiger partial charge in [0.1, 0.15) is 11.6 Å². The van der Waals surface area contributed by atoms with E-state index in [4.69, 9.17) is 5.73 Å². The zero-order valence-corrected chi connectivity index (χ0v) is 15.9. The summed E-state index contributed by atoms with van der Waals surface area (Å²) >= 11 is 0. The number of hydrogen-bond acceptors (Lipinski definition) is 4. The molecule has 0 saturated carbocycles. The van der Waals surface area contributed by atoms with Gasteiger partial charge in [-0.3, -0.25) is 9.59 Å². The van der Waals surface area contributed by atoms with Crippen LogP contribution in [-0.2, 0) is 4.79 Å². The van der Waals surface area contributed by atoms with Gasteiger partial charge in [0, 0.05) is 24.4 Å². The summed E-state index contributed by atoms with van der Waals surface area (Å²) in [5.41, 5.74) is 6.51. The molecule has 1 aromatic heterocycles. The molecule has 0 unspecified atom stereocenters. The van der Waals surface area contributed by atoms with E-state index in [2.05, 4.69) is 5.10 Å². The molecule has 1 fully saturated rings. The lowest BCUT2D eigenvalue weighted by Crippen LogP contribution is -2.45. The highest BCUT2D eigenvalue weighted by Crippen LogP contribution is 2.28. The second-order valence-electron chi connectivity index (χ2n) is 8.02. The lowest BCUT2D eigenvalue weighted by molar-refractivity contribution is -0.140. The van der Waals surface area contributed by atoms with Gasteiger partial charge in [-0.05, 0) is 31.0 Å². The second kappa shape index (κ2) is 7.13. The number of amides is 1. The number of anilines is 1. The summed E-state index contributed by atoms with van der Waals surface area (Å²) in [4.78, 5) is 27.1. The van der Waals surface area contributed by atoms with E-state index in [1.165, 1.54) is 23.0 Å². The lowest BCUT2D eigenvalue weighted by atomic mass is 9.87. The van der Waals surface area contributed by atoms with Gasteiger partial charge >= 0.3 is 0 Å². The molecule has 0 aliphatic carbocycles. The topological polar surface area (TPSA) is 81.2 Å². The molecule has 0 atom stereocenters. The predicted molar refractivity (Wildman–Crippen MR) is 101 cm³/mol. The molecule has 1 aliphatic rings. The van der Waals surface area contributed by atoms with Gasteiger partial charge in [-0.1, -0.05) is 26.8 Å². The largest absolute Gasteiger partial charge is 0.383 e. The number of rotatable bonds is 3. The second-order valence-corrected chi connectivity index (χ2v) is 8.02. The monoisotopic (exact) mass is 372 g/mol. The van der Waals surface area contributed by atoms with Gasteiger partial charge in [0.15, 0.2) is 5.78 Å². The van der Waals surface area contributed by atoms with Crippen molar-refractivity contribution in [2.45, 2.75) is 33.6 Å². The number of hydrogen-bond donors (Lipinski definition) is 1. The van der Waals surface area contributed by atoms with Gasteiger partial charge in [-0.15, -0.1) is 0 Å². The third kappa shape index (κ3) is 3.86. The molecule has 1 aliphatic heterocycles. The number of aromatic nitrogens is 2. The number of carbonyl (C=O) groups is 2. The Kier molecular flexibility index (Phi) is 5.04. The van der Waals surface area contributed by atoms with E-state index in [0.717, 1.165) is 0 Å². The maximum absolute atomic E-state index is 13.4. The van der Waals surface area contributed by atoms with Crippen molar-refractivity contribution >= 4 is 17.5 Å². The van der Waals surface area contributed by atoms with E-state index in [-0.39, 0.29) is 23.4 Å². The number of piperidine rings is 1. The number of likely N-dealkylation sites (tertiary alicyclic amines) is 1. The van der Waals surface area contributed by atoms with Gasteiger partial charge in [0.05, 0.1) is 17.4 Å². The van der Waals surface area contributed by atoms with Crippen molar-refractivity contribution in [2.24, 2.45) is 11.3 Å². The molecule has 1 aromatic carbocycles. The Labute approximate surface area is 158 Å². The molecule has 7 heteroatoms. The van der Waals surface area contributed by atoms with E-state index in [0.29, 0.717) is 37.2 Å². The van der Waals surface area contributed by atoms with Crippen LogP contribution in [-0.4, -0.2) is 39.5 Å². The molecule has 27 heavy (non-hydrogen) atoms. The van der Waals surface area contributed by atoms with Crippen LogP contribution in [0.1, 0.15) is 44.0 Å². The van der Waals surface area contributed by atoms with E-state index < -0.39 is 11.2 Å². The van der Waals surface area contributed by atoms with Crippen LogP contribution in [0.5, 0.6) is 0 Å². The zero-order chi connectivity index (χ0) is 19.8. The Morgan fingerprint density at radius 1 is 1.22 bits per heavy atom. The van der Waals surface area contributed by atoms with Crippen LogP contribution in [0.3, 0.4) is 0 Å². The highest BCUT2D eigenvalue weighted by molar-refractivity contribution is 6.01. The fourth-order valence-corrected chi connectivity index (χ4v) is 3.40. The Balaban J connectivity index is 1.72. The Bertz CT molecular complexity index is 861. The number of nitrogens with zero attached hydrogens (tertiary/aromatic N) is 3. The number of halogens is 1. The number of nitrogens with two attached hydrogens (primary N) is 1. The van der Waals surface area contributed by atoms with Crippen LogP contribution < -0.4 is 5.73 Å². The van der Waals surface area contributed by atoms with Crippen molar-refractivity contribution < 1.29 is 14.0 Å². The summed E-state index contributed by atoms with van der Waals surface area (Å²) in [6, 6.07) is 5.89. The molecule has 0 bridgehead atoms. The maximum atomic E-state index is 13.4. The zero-order valence-electron chi connectivity index (χ0n) is 15.9. The summed E-state index contributed by atoms with van der Waals surface area (Å²) in [5, 5.41) is 4.16. The molecule has 2 heterocycles. The lowest BCUT2D eigenvalue weighted by Gasteiger charge is -2.35. The van der Waals surface area contributed by atoms with Crippen LogP contribution in [0.25, 0.3) is 5.69 Å². The van der Waals surface area contributed by atoms with Crippen molar-refractivity contribution in [3.8, 4) is 5.69 Å². The molecule has 2 N–H and O–H groups in total. The molecule has 3 rings (SSSR count). The SMILES string of the molecule is CC(C)(C)C(=O)N1CCC(C(=O)c2cnn(-c3cccc(F)c3)c2N)CC1. The highest BCUT2D eigenvalue weighted by Gasteiger charge is 2.33. The van der Waals surface area contributed by atoms with E-state index >= 15 is 0 Å². The average Bonchev–Trinajstić information content (AvgIpc) is 3.01. The molecule has 144 valence electrons. The van der Waals surface area contributed by atoms with Crippen LogP contribution in [0, 0.1) is 17.2 Å². The van der Waals surface area contributed by atoms with E-state index in [1.807, 2.05) is 25.7 Å². The standard InChI is InChI=1S/C20H25FN4O2/c1-20(2,3)19(27)24-9-7-13(8-10-24)17(26)16-12-23-25(18(16)22)15-6-4-5-14(21)11-15/h4-6,11-13H,7-10,22H2,1-3H3. The summed E-state index contributed by atoms with van der Waals surface area (Å²) in [6.07, 6.45) is 2.64. The van der Waals surface area contributed by atoms with Gasteiger partial charge < -0.3 is 10.6 Å².